The Morgan fingerprint density at radius 1 is 1.21 bits per heavy atom. The molecule has 0 unspecified atom stereocenters. The van der Waals surface area contributed by atoms with Gasteiger partial charge in [0.05, 0.1) is 22.5 Å². The average molecular weight is 377 g/mol. The molecule has 0 bridgehead atoms. The monoisotopic (exact) mass is 377 g/mol. The molecule has 0 N–H and O–H groups in total. The van der Waals surface area contributed by atoms with Crippen LogP contribution in [0.3, 0.4) is 0 Å². The van der Waals surface area contributed by atoms with Crippen molar-refractivity contribution in [3.8, 4) is 0 Å². The molecule has 134 valence electrons. The summed E-state index contributed by atoms with van der Waals surface area (Å²) in [5.74, 6) is -0.721. The summed E-state index contributed by atoms with van der Waals surface area (Å²) in [6.07, 6.45) is 1.64. The molecule has 9 heteroatoms. The summed E-state index contributed by atoms with van der Waals surface area (Å²) in [5.41, 5.74) is 0. The third kappa shape index (κ3) is 3.79. The zero-order valence-electron chi connectivity index (χ0n) is 13.1. The fraction of sp³-hybridized carbons (Fsp3) is 0.600. The molecular weight excluding hydrogens is 357 g/mol. The number of hydrogen-bond acceptors (Lipinski definition) is 5. The lowest BCUT2D eigenvalue weighted by Gasteiger charge is -2.29. The third-order valence-corrected chi connectivity index (χ3v) is 8.13. The SMILES string of the molecule is O=S1(=O)CC[C@@H](N(C[C@H]2CCCO2)S(=O)(=O)c2ccc(F)cc2)C1. The van der Waals surface area contributed by atoms with Gasteiger partial charge >= 0.3 is 0 Å². The van der Waals surface area contributed by atoms with Gasteiger partial charge in [0, 0.05) is 19.2 Å². The van der Waals surface area contributed by atoms with Gasteiger partial charge in [0.25, 0.3) is 0 Å². The Labute approximate surface area is 141 Å². The zero-order valence-corrected chi connectivity index (χ0v) is 14.7. The van der Waals surface area contributed by atoms with Crippen LogP contribution in [0.15, 0.2) is 29.2 Å². The van der Waals surface area contributed by atoms with Gasteiger partial charge < -0.3 is 4.74 Å². The highest BCUT2D eigenvalue weighted by Crippen LogP contribution is 2.27. The summed E-state index contributed by atoms with van der Waals surface area (Å²) in [6.45, 7) is 0.706. The van der Waals surface area contributed by atoms with Gasteiger partial charge in [-0.25, -0.2) is 21.2 Å². The van der Waals surface area contributed by atoms with E-state index in [0.29, 0.717) is 6.61 Å². The lowest BCUT2D eigenvalue weighted by molar-refractivity contribution is 0.0877. The molecule has 2 saturated heterocycles. The molecule has 0 aliphatic carbocycles. The third-order valence-electron chi connectivity index (χ3n) is 4.44. The molecule has 6 nitrogen and oxygen atoms in total. The van der Waals surface area contributed by atoms with Crippen LogP contribution in [-0.2, 0) is 24.6 Å². The Bertz CT molecular complexity index is 786. The van der Waals surface area contributed by atoms with E-state index in [9.17, 15) is 21.2 Å². The summed E-state index contributed by atoms with van der Waals surface area (Å²) >= 11 is 0. The summed E-state index contributed by atoms with van der Waals surface area (Å²) in [5, 5.41) is 0. The molecule has 1 aromatic carbocycles. The van der Waals surface area contributed by atoms with E-state index in [1.165, 1.54) is 16.4 Å². The Balaban J connectivity index is 1.91. The van der Waals surface area contributed by atoms with Gasteiger partial charge in [-0.2, -0.15) is 4.31 Å². The van der Waals surface area contributed by atoms with Crippen LogP contribution >= 0.6 is 0 Å². The molecule has 2 aliphatic heterocycles. The highest BCUT2D eigenvalue weighted by molar-refractivity contribution is 7.92. The van der Waals surface area contributed by atoms with E-state index in [-0.39, 0.29) is 35.5 Å². The summed E-state index contributed by atoms with van der Waals surface area (Å²) < 4.78 is 69.4. The van der Waals surface area contributed by atoms with Gasteiger partial charge in [-0.15, -0.1) is 0 Å². The predicted molar refractivity (Wildman–Crippen MR) is 86.3 cm³/mol. The predicted octanol–water partition coefficient (Wildman–Crippen LogP) is 1.18. The van der Waals surface area contributed by atoms with Crippen LogP contribution < -0.4 is 0 Å². The quantitative estimate of drug-likeness (QED) is 0.770. The van der Waals surface area contributed by atoms with Gasteiger partial charge in [0.2, 0.25) is 10.0 Å². The van der Waals surface area contributed by atoms with Crippen molar-refractivity contribution in [3.05, 3.63) is 30.1 Å². The van der Waals surface area contributed by atoms with Crippen LogP contribution in [0, 0.1) is 5.82 Å². The van der Waals surface area contributed by atoms with Crippen molar-refractivity contribution in [2.24, 2.45) is 0 Å². The van der Waals surface area contributed by atoms with Crippen molar-refractivity contribution in [1.29, 1.82) is 0 Å². The van der Waals surface area contributed by atoms with Crippen LogP contribution in [0.1, 0.15) is 19.3 Å². The molecule has 2 atom stereocenters. The first-order valence-electron chi connectivity index (χ1n) is 7.87. The van der Waals surface area contributed by atoms with E-state index >= 15 is 0 Å². The fourth-order valence-corrected chi connectivity index (χ4v) is 6.69. The highest BCUT2D eigenvalue weighted by atomic mass is 32.2. The van der Waals surface area contributed by atoms with E-state index in [1.54, 1.807) is 0 Å². The number of sulfone groups is 1. The molecule has 3 rings (SSSR count). The number of rotatable bonds is 5. The average Bonchev–Trinajstić information content (AvgIpc) is 3.14. The molecule has 2 fully saturated rings. The van der Waals surface area contributed by atoms with Crippen molar-refractivity contribution >= 4 is 19.9 Å². The summed E-state index contributed by atoms with van der Waals surface area (Å²) in [4.78, 5) is -0.0359. The second-order valence-electron chi connectivity index (χ2n) is 6.22. The Morgan fingerprint density at radius 3 is 2.46 bits per heavy atom. The number of sulfonamides is 1. The van der Waals surface area contributed by atoms with E-state index in [1.807, 2.05) is 0 Å². The first kappa shape index (κ1) is 17.8. The maximum atomic E-state index is 13.1. The van der Waals surface area contributed by atoms with Gasteiger partial charge in [-0.3, -0.25) is 0 Å². The topological polar surface area (TPSA) is 80.8 Å². The van der Waals surface area contributed by atoms with Crippen LogP contribution in [0.4, 0.5) is 4.39 Å². The number of benzene rings is 1. The lowest BCUT2D eigenvalue weighted by atomic mass is 10.2. The summed E-state index contributed by atoms with van der Waals surface area (Å²) in [6, 6.07) is 3.98. The maximum Gasteiger partial charge on any atom is 0.243 e. The van der Waals surface area contributed by atoms with Crippen molar-refractivity contribution < 1.29 is 26.0 Å². The van der Waals surface area contributed by atoms with Crippen LogP contribution in [0.5, 0.6) is 0 Å². The first-order valence-corrected chi connectivity index (χ1v) is 11.1. The Morgan fingerprint density at radius 2 is 1.92 bits per heavy atom. The molecule has 0 amide bonds. The Hall–Kier alpha value is -1.03. The fourth-order valence-electron chi connectivity index (χ4n) is 3.18. The van der Waals surface area contributed by atoms with E-state index < -0.39 is 31.7 Å². The second kappa shape index (κ2) is 6.70. The van der Waals surface area contributed by atoms with Gasteiger partial charge in [-0.1, -0.05) is 0 Å². The molecule has 24 heavy (non-hydrogen) atoms. The van der Waals surface area contributed by atoms with Crippen LogP contribution in [0.25, 0.3) is 0 Å². The lowest BCUT2D eigenvalue weighted by Crippen LogP contribution is -2.45. The second-order valence-corrected chi connectivity index (χ2v) is 10.3. The van der Waals surface area contributed by atoms with Crippen LogP contribution in [-0.4, -0.2) is 57.9 Å². The van der Waals surface area contributed by atoms with Crippen LogP contribution in [0.2, 0.25) is 0 Å². The molecule has 0 aromatic heterocycles. The van der Waals surface area contributed by atoms with Gasteiger partial charge in [0.15, 0.2) is 9.84 Å². The normalized spacial score (nSPS) is 26.9. The van der Waals surface area contributed by atoms with Crippen molar-refractivity contribution in [2.75, 3.05) is 24.7 Å². The minimum absolute atomic E-state index is 0.0152. The molecular formula is C15H20FNO5S2. The first-order chi connectivity index (χ1) is 11.3. The van der Waals surface area contributed by atoms with Crippen molar-refractivity contribution in [1.82, 2.24) is 4.31 Å². The Kier molecular flexibility index (Phi) is 4.96. The minimum atomic E-state index is -3.92. The largest absolute Gasteiger partial charge is 0.377 e. The van der Waals surface area contributed by atoms with E-state index in [4.69, 9.17) is 4.74 Å². The molecule has 0 spiro atoms. The van der Waals surface area contributed by atoms with E-state index in [2.05, 4.69) is 0 Å². The molecule has 0 saturated carbocycles. The summed E-state index contributed by atoms with van der Waals surface area (Å²) in [7, 11) is -7.15. The molecule has 2 aliphatic rings. The number of halogens is 1. The molecule has 1 aromatic rings. The maximum absolute atomic E-state index is 13.1. The van der Waals surface area contributed by atoms with Crippen molar-refractivity contribution in [2.45, 2.75) is 36.3 Å². The number of nitrogens with zero attached hydrogens (tertiary/aromatic N) is 1. The zero-order chi connectivity index (χ0) is 17.4. The minimum Gasteiger partial charge on any atom is -0.377 e. The van der Waals surface area contributed by atoms with Crippen molar-refractivity contribution in [3.63, 3.8) is 0 Å². The van der Waals surface area contributed by atoms with Gasteiger partial charge in [-0.05, 0) is 43.5 Å². The smallest absolute Gasteiger partial charge is 0.243 e. The molecule has 2 heterocycles. The van der Waals surface area contributed by atoms with Gasteiger partial charge in [0.1, 0.15) is 5.82 Å². The highest BCUT2D eigenvalue weighted by Gasteiger charge is 2.40. The van der Waals surface area contributed by atoms with E-state index in [0.717, 1.165) is 25.0 Å². The molecule has 0 radical (unpaired) electrons. The number of ether oxygens (including phenoxy) is 1. The standard InChI is InChI=1S/C15H20FNO5S2/c16-12-3-5-15(6-4-12)24(20,21)17(10-14-2-1-8-22-14)13-7-9-23(18,19)11-13/h3-6,13-14H,1-2,7-11H2/t13-,14-/m1/s1. The number of hydrogen-bond donors (Lipinski definition) is 0.